The molecule has 0 saturated carbocycles. The smallest absolute Gasteiger partial charge is 0.0991 e. The Morgan fingerprint density at radius 2 is 2.06 bits per heavy atom. The normalized spacial score (nSPS) is 22.6. The Labute approximate surface area is 109 Å². The van der Waals surface area contributed by atoms with Gasteiger partial charge in [-0.2, -0.15) is 5.26 Å². The van der Waals surface area contributed by atoms with Crippen molar-refractivity contribution in [2.45, 2.75) is 20.3 Å². The minimum absolute atomic E-state index is 0.126. The number of benzene rings is 1. The molecule has 3 nitrogen and oxygen atoms in total. The molecule has 0 spiro atoms. The first-order chi connectivity index (χ1) is 8.56. The van der Waals surface area contributed by atoms with Crippen LogP contribution >= 0.6 is 0 Å². The van der Waals surface area contributed by atoms with Crippen LogP contribution in [0.15, 0.2) is 24.3 Å². The number of hydrogen-bond donors (Lipinski definition) is 1. The van der Waals surface area contributed by atoms with Gasteiger partial charge in [0.05, 0.1) is 11.6 Å². The predicted octanol–water partition coefficient (Wildman–Crippen LogP) is 2.40. The van der Waals surface area contributed by atoms with Gasteiger partial charge in [-0.15, -0.1) is 0 Å². The summed E-state index contributed by atoms with van der Waals surface area (Å²) in [6.07, 6.45) is 1.02. The van der Waals surface area contributed by atoms with Crippen molar-refractivity contribution >= 4 is 5.69 Å². The van der Waals surface area contributed by atoms with E-state index in [-0.39, 0.29) is 12.0 Å². The predicted molar refractivity (Wildman–Crippen MR) is 72.3 cm³/mol. The Balaban J connectivity index is 2.13. The van der Waals surface area contributed by atoms with E-state index in [9.17, 15) is 5.11 Å². The zero-order chi connectivity index (χ0) is 13.2. The summed E-state index contributed by atoms with van der Waals surface area (Å²) in [5.74, 6) is 0.382. The van der Waals surface area contributed by atoms with Crippen LogP contribution in [0.3, 0.4) is 0 Å². The first-order valence-electron chi connectivity index (χ1n) is 6.43. The molecule has 1 fully saturated rings. The van der Waals surface area contributed by atoms with Crippen LogP contribution in [0.25, 0.3) is 0 Å². The fraction of sp³-hybridized carbons (Fsp3) is 0.533. The van der Waals surface area contributed by atoms with E-state index >= 15 is 0 Å². The van der Waals surface area contributed by atoms with Crippen LogP contribution < -0.4 is 4.90 Å². The van der Waals surface area contributed by atoms with E-state index < -0.39 is 0 Å². The maximum absolute atomic E-state index is 9.40. The molecule has 1 aliphatic rings. The van der Waals surface area contributed by atoms with Crippen molar-refractivity contribution < 1.29 is 5.11 Å². The second-order valence-electron chi connectivity index (χ2n) is 5.74. The maximum Gasteiger partial charge on any atom is 0.0991 e. The first kappa shape index (κ1) is 12.9. The minimum Gasteiger partial charge on any atom is -0.396 e. The third kappa shape index (κ3) is 2.49. The highest BCUT2D eigenvalue weighted by Gasteiger charge is 2.35. The van der Waals surface area contributed by atoms with Crippen LogP contribution in [0.2, 0.25) is 0 Å². The Morgan fingerprint density at radius 1 is 1.39 bits per heavy atom. The third-order valence-corrected chi connectivity index (χ3v) is 4.03. The number of rotatable bonds is 2. The average Bonchev–Trinajstić information content (AvgIpc) is 2.37. The number of nitriles is 1. The molecular weight excluding hydrogens is 224 g/mol. The van der Waals surface area contributed by atoms with Gasteiger partial charge in [-0.3, -0.25) is 0 Å². The molecule has 3 heteroatoms. The third-order valence-electron chi connectivity index (χ3n) is 4.03. The fourth-order valence-electron chi connectivity index (χ4n) is 2.71. The van der Waals surface area contributed by atoms with Gasteiger partial charge in [0, 0.05) is 25.4 Å². The molecule has 1 N–H and O–H groups in total. The van der Waals surface area contributed by atoms with Gasteiger partial charge in [-0.1, -0.05) is 13.8 Å². The Hall–Kier alpha value is -1.53. The highest BCUT2D eigenvalue weighted by molar-refractivity contribution is 5.50. The van der Waals surface area contributed by atoms with E-state index in [4.69, 9.17) is 5.26 Å². The highest BCUT2D eigenvalue weighted by atomic mass is 16.3. The van der Waals surface area contributed by atoms with Gasteiger partial charge in [-0.25, -0.2) is 0 Å². The van der Waals surface area contributed by atoms with Crippen molar-refractivity contribution in [3.8, 4) is 6.07 Å². The zero-order valence-electron chi connectivity index (χ0n) is 11.1. The number of piperidine rings is 1. The maximum atomic E-state index is 9.40. The second kappa shape index (κ2) is 4.99. The van der Waals surface area contributed by atoms with Crippen molar-refractivity contribution in [2.24, 2.45) is 11.3 Å². The average molecular weight is 244 g/mol. The lowest BCUT2D eigenvalue weighted by Crippen LogP contribution is -2.47. The van der Waals surface area contributed by atoms with E-state index in [1.54, 1.807) is 0 Å². The van der Waals surface area contributed by atoms with Crippen LogP contribution in [-0.4, -0.2) is 24.8 Å². The van der Waals surface area contributed by atoms with Crippen molar-refractivity contribution in [2.75, 3.05) is 24.6 Å². The Kier molecular flexibility index (Phi) is 3.58. The van der Waals surface area contributed by atoms with Gasteiger partial charge < -0.3 is 10.0 Å². The molecule has 0 aliphatic carbocycles. The molecule has 0 aromatic heterocycles. The summed E-state index contributed by atoms with van der Waals surface area (Å²) in [5, 5.41) is 18.2. The number of aliphatic hydroxyl groups is 1. The summed E-state index contributed by atoms with van der Waals surface area (Å²) in [5.41, 5.74) is 1.99. The van der Waals surface area contributed by atoms with Crippen molar-refractivity contribution in [1.29, 1.82) is 5.26 Å². The van der Waals surface area contributed by atoms with Gasteiger partial charge in [0.25, 0.3) is 0 Å². The molecule has 0 bridgehead atoms. The molecular formula is C15H20N2O. The lowest BCUT2D eigenvalue weighted by Gasteiger charge is -2.44. The molecule has 1 aromatic carbocycles. The van der Waals surface area contributed by atoms with E-state index in [0.717, 1.165) is 19.5 Å². The molecule has 1 unspecified atom stereocenters. The van der Waals surface area contributed by atoms with E-state index in [1.807, 2.05) is 24.3 Å². The number of anilines is 1. The van der Waals surface area contributed by atoms with Crippen molar-refractivity contribution in [1.82, 2.24) is 0 Å². The molecule has 1 aromatic rings. The fourth-order valence-corrected chi connectivity index (χ4v) is 2.71. The Bertz CT molecular complexity index is 445. The molecule has 1 saturated heterocycles. The van der Waals surface area contributed by atoms with Gasteiger partial charge in [0.15, 0.2) is 0 Å². The summed E-state index contributed by atoms with van der Waals surface area (Å²) < 4.78 is 0. The van der Waals surface area contributed by atoms with Gasteiger partial charge in [-0.05, 0) is 42.0 Å². The minimum atomic E-state index is 0.126. The number of nitrogens with zero attached hydrogens (tertiary/aromatic N) is 2. The quantitative estimate of drug-likeness (QED) is 0.869. The monoisotopic (exact) mass is 244 g/mol. The van der Waals surface area contributed by atoms with E-state index in [2.05, 4.69) is 24.8 Å². The van der Waals surface area contributed by atoms with E-state index in [1.165, 1.54) is 5.69 Å². The summed E-state index contributed by atoms with van der Waals surface area (Å²) >= 11 is 0. The molecule has 96 valence electrons. The van der Waals surface area contributed by atoms with Gasteiger partial charge in [0.2, 0.25) is 0 Å². The number of hydrogen-bond acceptors (Lipinski definition) is 3. The van der Waals surface area contributed by atoms with Crippen LogP contribution in [0.5, 0.6) is 0 Å². The number of aliphatic hydroxyl groups excluding tert-OH is 1. The first-order valence-corrected chi connectivity index (χ1v) is 6.43. The molecule has 0 radical (unpaired) electrons. The molecule has 0 amide bonds. The van der Waals surface area contributed by atoms with Crippen molar-refractivity contribution in [3.05, 3.63) is 29.8 Å². The molecule has 18 heavy (non-hydrogen) atoms. The standard InChI is InChI=1S/C15H20N2O/c1-15(2)11-17(8-7-13(15)10-18)14-5-3-12(9-16)4-6-14/h3-6,13,18H,7-8,10-11H2,1-2H3. The van der Waals surface area contributed by atoms with Crippen LogP contribution in [-0.2, 0) is 0 Å². The summed E-state index contributed by atoms with van der Waals surface area (Å²) in [6, 6.07) is 9.88. The molecule has 2 rings (SSSR count). The van der Waals surface area contributed by atoms with Gasteiger partial charge >= 0.3 is 0 Å². The van der Waals surface area contributed by atoms with Gasteiger partial charge in [0.1, 0.15) is 0 Å². The molecule has 1 heterocycles. The van der Waals surface area contributed by atoms with E-state index in [0.29, 0.717) is 11.5 Å². The zero-order valence-corrected chi connectivity index (χ0v) is 11.1. The largest absolute Gasteiger partial charge is 0.396 e. The summed E-state index contributed by atoms with van der Waals surface area (Å²) in [4.78, 5) is 2.34. The lowest BCUT2D eigenvalue weighted by molar-refractivity contribution is 0.0973. The highest BCUT2D eigenvalue weighted by Crippen LogP contribution is 2.36. The lowest BCUT2D eigenvalue weighted by atomic mass is 9.74. The summed E-state index contributed by atoms with van der Waals surface area (Å²) in [6.45, 7) is 6.62. The SMILES string of the molecule is CC1(C)CN(c2ccc(C#N)cc2)CCC1CO. The molecule has 1 atom stereocenters. The summed E-state index contributed by atoms with van der Waals surface area (Å²) in [7, 11) is 0. The second-order valence-corrected chi connectivity index (χ2v) is 5.74. The molecule has 1 aliphatic heterocycles. The van der Waals surface area contributed by atoms with Crippen LogP contribution in [0.1, 0.15) is 25.8 Å². The van der Waals surface area contributed by atoms with Crippen molar-refractivity contribution in [3.63, 3.8) is 0 Å². The Morgan fingerprint density at radius 3 is 2.56 bits per heavy atom. The van der Waals surface area contributed by atoms with Crippen LogP contribution in [0, 0.1) is 22.7 Å². The van der Waals surface area contributed by atoms with Crippen LogP contribution in [0.4, 0.5) is 5.69 Å². The topological polar surface area (TPSA) is 47.3 Å².